The Hall–Kier alpha value is -0.970. The average Bonchev–Trinajstić information content (AvgIpc) is 2.30. The molecule has 0 bridgehead atoms. The highest BCUT2D eigenvalue weighted by atomic mass is 35.5. The minimum atomic E-state index is -0.0531. The first-order chi connectivity index (χ1) is 8.17. The lowest BCUT2D eigenvalue weighted by atomic mass is 10.2. The van der Waals surface area contributed by atoms with Crippen LogP contribution in [0.4, 0.5) is 5.69 Å². The summed E-state index contributed by atoms with van der Waals surface area (Å²) in [5.41, 5.74) is 0.650. The fourth-order valence-electron chi connectivity index (χ4n) is 1.33. The maximum atomic E-state index is 11.6. The number of hydrogen-bond donors (Lipinski definition) is 2. The van der Waals surface area contributed by atoms with Crippen molar-refractivity contribution in [1.29, 1.82) is 0 Å². The largest absolute Gasteiger partial charge is 0.492 e. The van der Waals surface area contributed by atoms with Gasteiger partial charge in [0.25, 0.3) is 0 Å². The predicted molar refractivity (Wildman–Crippen MR) is 77.0 cm³/mol. The fourth-order valence-corrected chi connectivity index (χ4v) is 1.49. The maximum absolute atomic E-state index is 11.6. The van der Waals surface area contributed by atoms with Gasteiger partial charge in [0.1, 0.15) is 5.75 Å². The second-order valence-corrected chi connectivity index (χ2v) is 3.91. The van der Waals surface area contributed by atoms with E-state index >= 15 is 0 Å². The molecule has 1 amide bonds. The van der Waals surface area contributed by atoms with E-state index in [1.165, 1.54) is 0 Å². The Balaban J connectivity index is 0.00000289. The van der Waals surface area contributed by atoms with Crippen LogP contribution in [0.25, 0.3) is 0 Å². The summed E-state index contributed by atoms with van der Waals surface area (Å²) < 4.78 is 5.41. The molecule has 0 saturated heterocycles. The lowest BCUT2D eigenvalue weighted by Gasteiger charge is -2.11. The number of nitrogens with one attached hydrogen (secondary N) is 2. The molecule has 0 aliphatic rings. The van der Waals surface area contributed by atoms with Gasteiger partial charge < -0.3 is 15.4 Å². The standard InChI is InChI=1S/C12H17ClN2O2.ClH/c1-3-17-11-8-9(13)4-5-10(11)15-12(16)6-7-14-2;/h4-5,8,14H,3,6-7H2,1-2H3,(H,15,16);1H. The molecule has 102 valence electrons. The van der Waals surface area contributed by atoms with Crippen LogP contribution in [0.1, 0.15) is 13.3 Å². The van der Waals surface area contributed by atoms with Crippen LogP contribution in [-0.4, -0.2) is 26.1 Å². The Kier molecular flexibility index (Phi) is 8.54. The van der Waals surface area contributed by atoms with E-state index in [0.29, 0.717) is 36.0 Å². The molecule has 1 aromatic rings. The number of anilines is 1. The van der Waals surface area contributed by atoms with Crippen LogP contribution in [0.15, 0.2) is 18.2 Å². The quantitative estimate of drug-likeness (QED) is 0.848. The Morgan fingerprint density at radius 1 is 1.44 bits per heavy atom. The van der Waals surface area contributed by atoms with Gasteiger partial charge in [0.2, 0.25) is 5.91 Å². The zero-order valence-corrected chi connectivity index (χ0v) is 12.0. The minimum Gasteiger partial charge on any atom is -0.492 e. The number of rotatable bonds is 6. The van der Waals surface area contributed by atoms with Crippen molar-refractivity contribution in [2.24, 2.45) is 0 Å². The van der Waals surface area contributed by atoms with Gasteiger partial charge in [-0.2, -0.15) is 0 Å². The summed E-state index contributed by atoms with van der Waals surface area (Å²) in [4.78, 5) is 11.6. The predicted octanol–water partition coefficient (Wildman–Crippen LogP) is 2.71. The second-order valence-electron chi connectivity index (χ2n) is 3.48. The van der Waals surface area contributed by atoms with Crippen LogP contribution in [0.2, 0.25) is 5.02 Å². The molecule has 0 unspecified atom stereocenters. The Morgan fingerprint density at radius 3 is 2.78 bits per heavy atom. The van der Waals surface area contributed by atoms with E-state index in [9.17, 15) is 4.79 Å². The summed E-state index contributed by atoms with van der Waals surface area (Å²) in [5.74, 6) is 0.542. The van der Waals surface area contributed by atoms with Crippen molar-refractivity contribution in [1.82, 2.24) is 5.32 Å². The monoisotopic (exact) mass is 292 g/mol. The molecular weight excluding hydrogens is 275 g/mol. The molecule has 1 aromatic carbocycles. The van der Waals surface area contributed by atoms with E-state index < -0.39 is 0 Å². The third kappa shape index (κ3) is 5.58. The molecule has 0 spiro atoms. The summed E-state index contributed by atoms with van der Waals surface area (Å²) in [6.07, 6.45) is 0.421. The van der Waals surface area contributed by atoms with E-state index in [1.807, 2.05) is 6.92 Å². The Labute approximate surface area is 118 Å². The van der Waals surface area contributed by atoms with Gasteiger partial charge in [0.15, 0.2) is 0 Å². The molecule has 0 radical (unpaired) electrons. The normalized spacial score (nSPS) is 9.50. The van der Waals surface area contributed by atoms with Gasteiger partial charge in [-0.1, -0.05) is 11.6 Å². The maximum Gasteiger partial charge on any atom is 0.225 e. The molecule has 0 heterocycles. The molecule has 18 heavy (non-hydrogen) atoms. The topological polar surface area (TPSA) is 50.4 Å². The number of benzene rings is 1. The summed E-state index contributed by atoms with van der Waals surface area (Å²) in [6, 6.07) is 5.15. The number of carbonyl (C=O) groups is 1. The highest BCUT2D eigenvalue weighted by Crippen LogP contribution is 2.28. The average molecular weight is 293 g/mol. The van der Waals surface area contributed by atoms with Crippen LogP contribution in [0.3, 0.4) is 0 Å². The molecule has 4 nitrogen and oxygen atoms in total. The molecule has 0 fully saturated rings. The zero-order chi connectivity index (χ0) is 12.7. The first-order valence-corrected chi connectivity index (χ1v) is 5.92. The minimum absolute atomic E-state index is 0. The zero-order valence-electron chi connectivity index (χ0n) is 10.5. The highest BCUT2D eigenvalue weighted by Gasteiger charge is 2.08. The van der Waals surface area contributed by atoms with Crippen molar-refractivity contribution in [3.63, 3.8) is 0 Å². The SMILES string of the molecule is CCOc1cc(Cl)ccc1NC(=O)CCNC.Cl. The number of amides is 1. The number of halogens is 2. The van der Waals surface area contributed by atoms with Crippen molar-refractivity contribution >= 4 is 35.6 Å². The Bertz CT molecular complexity index is 386. The summed E-state index contributed by atoms with van der Waals surface area (Å²) in [7, 11) is 1.81. The number of carbonyl (C=O) groups excluding carboxylic acids is 1. The first kappa shape index (κ1) is 17.0. The van der Waals surface area contributed by atoms with Crippen molar-refractivity contribution in [2.75, 3.05) is 25.5 Å². The molecule has 0 aliphatic carbocycles. The molecule has 0 atom stereocenters. The van der Waals surface area contributed by atoms with Gasteiger partial charge in [-0.05, 0) is 26.1 Å². The van der Waals surface area contributed by atoms with E-state index in [2.05, 4.69) is 10.6 Å². The van der Waals surface area contributed by atoms with Gasteiger partial charge in [0, 0.05) is 24.1 Å². The smallest absolute Gasteiger partial charge is 0.225 e. The first-order valence-electron chi connectivity index (χ1n) is 5.54. The lowest BCUT2D eigenvalue weighted by Crippen LogP contribution is -2.19. The van der Waals surface area contributed by atoms with Gasteiger partial charge in [-0.25, -0.2) is 0 Å². The third-order valence-corrected chi connectivity index (χ3v) is 2.35. The third-order valence-electron chi connectivity index (χ3n) is 2.12. The van der Waals surface area contributed by atoms with E-state index in [0.717, 1.165) is 0 Å². The molecule has 1 rings (SSSR count). The van der Waals surface area contributed by atoms with E-state index in [1.54, 1.807) is 25.2 Å². The fraction of sp³-hybridized carbons (Fsp3) is 0.417. The van der Waals surface area contributed by atoms with Crippen LogP contribution < -0.4 is 15.4 Å². The summed E-state index contributed by atoms with van der Waals surface area (Å²) >= 11 is 5.87. The Morgan fingerprint density at radius 2 is 2.17 bits per heavy atom. The van der Waals surface area contributed by atoms with E-state index in [4.69, 9.17) is 16.3 Å². The molecule has 0 saturated carbocycles. The molecule has 2 N–H and O–H groups in total. The van der Waals surface area contributed by atoms with Crippen molar-refractivity contribution in [3.05, 3.63) is 23.2 Å². The van der Waals surface area contributed by atoms with Crippen molar-refractivity contribution in [3.8, 4) is 5.75 Å². The van der Waals surface area contributed by atoms with Gasteiger partial charge >= 0.3 is 0 Å². The van der Waals surface area contributed by atoms with Crippen LogP contribution in [-0.2, 0) is 4.79 Å². The number of hydrogen-bond acceptors (Lipinski definition) is 3. The summed E-state index contributed by atoms with van der Waals surface area (Å²) in [5, 5.41) is 6.30. The lowest BCUT2D eigenvalue weighted by molar-refractivity contribution is -0.116. The van der Waals surface area contributed by atoms with Crippen molar-refractivity contribution in [2.45, 2.75) is 13.3 Å². The number of ether oxygens (including phenoxy) is 1. The van der Waals surface area contributed by atoms with Gasteiger partial charge in [0.05, 0.1) is 12.3 Å². The molecular formula is C12H18Cl2N2O2. The molecule has 0 aromatic heterocycles. The second kappa shape index (κ2) is 9.03. The van der Waals surface area contributed by atoms with E-state index in [-0.39, 0.29) is 18.3 Å². The summed E-state index contributed by atoms with van der Waals surface area (Å²) in [6.45, 7) is 3.05. The van der Waals surface area contributed by atoms with Crippen molar-refractivity contribution < 1.29 is 9.53 Å². The van der Waals surface area contributed by atoms with Crippen LogP contribution in [0.5, 0.6) is 5.75 Å². The highest BCUT2D eigenvalue weighted by molar-refractivity contribution is 6.30. The van der Waals surface area contributed by atoms with Gasteiger partial charge in [-0.15, -0.1) is 12.4 Å². The van der Waals surface area contributed by atoms with Crippen LogP contribution >= 0.6 is 24.0 Å². The van der Waals surface area contributed by atoms with Gasteiger partial charge in [-0.3, -0.25) is 4.79 Å². The molecule has 6 heteroatoms. The van der Waals surface area contributed by atoms with Crippen LogP contribution in [0, 0.1) is 0 Å². The molecule has 0 aliphatic heterocycles.